The first-order valence-electron chi connectivity index (χ1n) is 7.91. The summed E-state index contributed by atoms with van der Waals surface area (Å²) in [5.74, 6) is 0.314. The molecule has 2 rings (SSSR count). The zero-order chi connectivity index (χ0) is 13.7. The summed E-state index contributed by atoms with van der Waals surface area (Å²) in [5, 5.41) is 3.36. The van der Waals surface area contributed by atoms with E-state index in [2.05, 4.69) is 17.1 Å². The Morgan fingerprint density at radius 2 is 1.62 bits per heavy atom. The zero-order valence-corrected chi connectivity index (χ0v) is 15.0. The maximum Gasteiger partial charge on any atom is 0.239 e. The molecule has 0 aliphatic carbocycles. The van der Waals surface area contributed by atoms with Gasteiger partial charge in [-0.3, -0.25) is 9.69 Å². The molecule has 1 atom stereocenters. The topological polar surface area (TPSA) is 35.6 Å². The van der Waals surface area contributed by atoms with E-state index in [1.54, 1.807) is 0 Å². The summed E-state index contributed by atoms with van der Waals surface area (Å²) >= 11 is 0. The largest absolute Gasteiger partial charge is 0.341 e. The average molecular weight is 340 g/mol. The number of nitrogens with one attached hydrogen (secondary N) is 1. The van der Waals surface area contributed by atoms with Crippen LogP contribution in [-0.4, -0.2) is 61.0 Å². The van der Waals surface area contributed by atoms with E-state index in [0.717, 1.165) is 39.0 Å². The van der Waals surface area contributed by atoms with E-state index in [1.165, 1.54) is 25.7 Å². The highest BCUT2D eigenvalue weighted by atomic mass is 35.5. The third-order valence-corrected chi connectivity index (χ3v) is 4.75. The standard InChI is InChI=1S/C15H29N3O.2ClH/c1-13(18-11-5-3-4-6-12-18)15(19)17(2)14-7-9-16-10-8-14;;/h13-14,16H,3-12H2,1-2H3;2*1H. The molecule has 2 aliphatic rings. The van der Waals surface area contributed by atoms with Gasteiger partial charge in [0.2, 0.25) is 5.91 Å². The van der Waals surface area contributed by atoms with Crippen molar-refractivity contribution in [2.45, 2.75) is 57.5 Å². The molecular formula is C15H31Cl2N3O. The fourth-order valence-electron chi connectivity index (χ4n) is 3.31. The van der Waals surface area contributed by atoms with E-state index < -0.39 is 0 Å². The fourth-order valence-corrected chi connectivity index (χ4v) is 3.31. The van der Waals surface area contributed by atoms with Crippen LogP contribution in [0.3, 0.4) is 0 Å². The second kappa shape index (κ2) is 10.7. The Morgan fingerprint density at radius 1 is 1.10 bits per heavy atom. The van der Waals surface area contributed by atoms with Gasteiger partial charge >= 0.3 is 0 Å². The minimum Gasteiger partial charge on any atom is -0.341 e. The Kier molecular flexibility index (Phi) is 10.6. The van der Waals surface area contributed by atoms with Crippen LogP contribution in [0.2, 0.25) is 0 Å². The first-order valence-corrected chi connectivity index (χ1v) is 7.91. The van der Waals surface area contributed by atoms with Crippen LogP contribution in [0.25, 0.3) is 0 Å². The fraction of sp³-hybridized carbons (Fsp3) is 0.933. The number of carbonyl (C=O) groups is 1. The van der Waals surface area contributed by atoms with Crippen LogP contribution >= 0.6 is 24.8 Å². The van der Waals surface area contributed by atoms with Crippen molar-refractivity contribution in [3.8, 4) is 0 Å². The molecular weight excluding hydrogens is 309 g/mol. The number of likely N-dealkylation sites (N-methyl/N-ethyl adjacent to an activating group) is 1. The van der Waals surface area contributed by atoms with Crippen molar-refractivity contribution < 1.29 is 4.79 Å². The van der Waals surface area contributed by atoms with Crippen LogP contribution in [0.1, 0.15) is 45.4 Å². The second-order valence-corrected chi connectivity index (χ2v) is 6.06. The predicted molar refractivity (Wildman–Crippen MR) is 92.7 cm³/mol. The molecule has 2 fully saturated rings. The van der Waals surface area contributed by atoms with Gasteiger partial charge in [-0.15, -0.1) is 24.8 Å². The van der Waals surface area contributed by atoms with Crippen LogP contribution in [0, 0.1) is 0 Å². The second-order valence-electron chi connectivity index (χ2n) is 6.06. The summed E-state index contributed by atoms with van der Waals surface area (Å²) < 4.78 is 0. The van der Waals surface area contributed by atoms with Crippen LogP contribution in [-0.2, 0) is 4.79 Å². The van der Waals surface area contributed by atoms with Gasteiger partial charge < -0.3 is 10.2 Å². The lowest BCUT2D eigenvalue weighted by molar-refractivity contribution is -0.137. The van der Waals surface area contributed by atoms with Crippen molar-refractivity contribution in [1.29, 1.82) is 0 Å². The van der Waals surface area contributed by atoms with Gasteiger partial charge in [0.25, 0.3) is 0 Å². The molecule has 0 aromatic heterocycles. The molecule has 126 valence electrons. The molecule has 1 N–H and O–H groups in total. The lowest BCUT2D eigenvalue weighted by Crippen LogP contribution is -2.51. The maximum atomic E-state index is 12.6. The molecule has 4 nitrogen and oxygen atoms in total. The molecule has 2 aliphatic heterocycles. The number of hydrogen-bond acceptors (Lipinski definition) is 3. The van der Waals surface area contributed by atoms with Gasteiger partial charge in [-0.25, -0.2) is 0 Å². The van der Waals surface area contributed by atoms with Crippen molar-refractivity contribution >= 4 is 30.7 Å². The van der Waals surface area contributed by atoms with E-state index in [4.69, 9.17) is 0 Å². The molecule has 0 saturated carbocycles. The van der Waals surface area contributed by atoms with E-state index >= 15 is 0 Å². The minimum absolute atomic E-state index is 0. The summed E-state index contributed by atoms with van der Waals surface area (Å²) in [4.78, 5) is 17.0. The van der Waals surface area contributed by atoms with Gasteiger partial charge in [0.05, 0.1) is 6.04 Å². The Labute approximate surface area is 141 Å². The van der Waals surface area contributed by atoms with Crippen molar-refractivity contribution in [2.24, 2.45) is 0 Å². The van der Waals surface area contributed by atoms with Crippen LogP contribution in [0.5, 0.6) is 0 Å². The highest BCUT2D eigenvalue weighted by Crippen LogP contribution is 2.16. The number of carbonyl (C=O) groups excluding carboxylic acids is 1. The van der Waals surface area contributed by atoms with Crippen molar-refractivity contribution in [3.63, 3.8) is 0 Å². The quantitative estimate of drug-likeness (QED) is 0.856. The molecule has 0 bridgehead atoms. The number of nitrogens with zero attached hydrogens (tertiary/aromatic N) is 2. The van der Waals surface area contributed by atoms with E-state index in [9.17, 15) is 4.79 Å². The van der Waals surface area contributed by atoms with Gasteiger partial charge in [0.1, 0.15) is 0 Å². The lowest BCUT2D eigenvalue weighted by atomic mass is 10.0. The number of amides is 1. The molecule has 0 spiro atoms. The molecule has 21 heavy (non-hydrogen) atoms. The summed E-state index contributed by atoms with van der Waals surface area (Å²) in [6.07, 6.45) is 7.32. The molecule has 6 heteroatoms. The van der Waals surface area contributed by atoms with E-state index in [-0.39, 0.29) is 30.9 Å². The average Bonchev–Trinajstić information content (AvgIpc) is 2.75. The third-order valence-electron chi connectivity index (χ3n) is 4.75. The molecule has 1 amide bonds. The SMILES string of the molecule is CC(C(=O)N(C)C1CCNCC1)N1CCCCCC1.Cl.Cl. The maximum absolute atomic E-state index is 12.6. The van der Waals surface area contributed by atoms with Crippen LogP contribution in [0.4, 0.5) is 0 Å². The normalized spacial score (nSPS) is 22.4. The van der Waals surface area contributed by atoms with Crippen LogP contribution < -0.4 is 5.32 Å². The summed E-state index contributed by atoms with van der Waals surface area (Å²) in [7, 11) is 1.99. The number of hydrogen-bond donors (Lipinski definition) is 1. The molecule has 2 saturated heterocycles. The number of rotatable bonds is 3. The summed E-state index contributed by atoms with van der Waals surface area (Å²) in [5.41, 5.74) is 0. The summed E-state index contributed by atoms with van der Waals surface area (Å²) in [6, 6.07) is 0.487. The van der Waals surface area contributed by atoms with Crippen molar-refractivity contribution in [2.75, 3.05) is 33.2 Å². The van der Waals surface area contributed by atoms with Gasteiger partial charge in [-0.1, -0.05) is 12.8 Å². The first kappa shape index (κ1) is 21.0. The van der Waals surface area contributed by atoms with Crippen molar-refractivity contribution in [3.05, 3.63) is 0 Å². The van der Waals surface area contributed by atoms with Gasteiger partial charge in [-0.2, -0.15) is 0 Å². The van der Waals surface area contributed by atoms with E-state index in [1.807, 2.05) is 11.9 Å². The third kappa shape index (κ3) is 5.93. The monoisotopic (exact) mass is 339 g/mol. The van der Waals surface area contributed by atoms with Crippen LogP contribution in [0.15, 0.2) is 0 Å². The number of likely N-dealkylation sites (tertiary alicyclic amines) is 1. The Bertz CT molecular complexity index is 291. The first-order chi connectivity index (χ1) is 9.20. The smallest absolute Gasteiger partial charge is 0.239 e. The Hall–Kier alpha value is -0.0300. The molecule has 0 aromatic carbocycles. The summed E-state index contributed by atoms with van der Waals surface area (Å²) in [6.45, 7) is 6.35. The highest BCUT2D eigenvalue weighted by Gasteiger charge is 2.28. The molecule has 1 unspecified atom stereocenters. The molecule has 2 heterocycles. The van der Waals surface area contributed by atoms with Gasteiger partial charge in [0, 0.05) is 13.1 Å². The Balaban J connectivity index is 0.00000200. The van der Waals surface area contributed by atoms with Crippen molar-refractivity contribution in [1.82, 2.24) is 15.1 Å². The van der Waals surface area contributed by atoms with E-state index in [0.29, 0.717) is 11.9 Å². The molecule has 0 aromatic rings. The molecule has 0 radical (unpaired) electrons. The number of piperidine rings is 1. The predicted octanol–water partition coefficient (Wildman–Crippen LogP) is 2.30. The highest BCUT2D eigenvalue weighted by molar-refractivity contribution is 5.85. The van der Waals surface area contributed by atoms with Gasteiger partial charge in [-0.05, 0) is 58.8 Å². The van der Waals surface area contributed by atoms with Gasteiger partial charge in [0.15, 0.2) is 0 Å². The minimum atomic E-state index is 0. The number of halogens is 2. The Morgan fingerprint density at radius 3 is 2.14 bits per heavy atom. The lowest BCUT2D eigenvalue weighted by Gasteiger charge is -2.36. The zero-order valence-electron chi connectivity index (χ0n) is 13.3.